The second-order valence-electron chi connectivity index (χ2n) is 6.55. The number of aromatic amines is 1. The van der Waals surface area contributed by atoms with E-state index in [2.05, 4.69) is 38.8 Å². The Morgan fingerprint density at radius 3 is 2.92 bits per heavy atom. The summed E-state index contributed by atoms with van der Waals surface area (Å²) in [5, 5.41) is 1.04. The Bertz CT molecular complexity index is 726. The average Bonchev–Trinajstić information content (AvgIpc) is 3.13. The second-order valence-corrected chi connectivity index (χ2v) is 6.55. The largest absolute Gasteiger partial charge is 0.356 e. The van der Waals surface area contributed by atoms with Gasteiger partial charge in [-0.3, -0.25) is 4.79 Å². The Morgan fingerprint density at radius 1 is 1.38 bits per heavy atom. The van der Waals surface area contributed by atoms with Crippen LogP contribution in [0.25, 0.3) is 11.0 Å². The molecular weight excluding hydrogens is 328 g/mol. The van der Waals surface area contributed by atoms with E-state index in [1.807, 2.05) is 24.2 Å². The number of carbonyl (C=O) groups excluding carboxylic acids is 1. The summed E-state index contributed by atoms with van der Waals surface area (Å²) in [6, 6.07) is 2.39. The van der Waals surface area contributed by atoms with Crippen molar-refractivity contribution in [3.05, 3.63) is 18.6 Å². The Morgan fingerprint density at radius 2 is 2.19 bits per heavy atom. The van der Waals surface area contributed by atoms with Crippen molar-refractivity contribution in [2.24, 2.45) is 4.99 Å². The lowest BCUT2D eigenvalue weighted by Gasteiger charge is -2.29. The molecule has 2 heterocycles. The molecule has 0 saturated carbocycles. The lowest BCUT2D eigenvalue weighted by Crippen LogP contribution is -2.33. The molecule has 142 valence electrons. The van der Waals surface area contributed by atoms with Crippen LogP contribution >= 0.6 is 0 Å². The molecule has 0 fully saturated rings. The van der Waals surface area contributed by atoms with Crippen molar-refractivity contribution in [1.29, 1.82) is 0 Å². The SMILES string of the molecule is CC[C@H](CCCN(C)C(=O)CCC=NC)N(C)c1ncnc2[nH]ccc12. The zero-order valence-corrected chi connectivity index (χ0v) is 16.3. The van der Waals surface area contributed by atoms with Gasteiger partial charge in [0.1, 0.15) is 17.8 Å². The maximum Gasteiger partial charge on any atom is 0.222 e. The maximum absolute atomic E-state index is 12.1. The fourth-order valence-electron chi connectivity index (χ4n) is 3.18. The third kappa shape index (κ3) is 5.03. The number of hydrogen-bond donors (Lipinski definition) is 1. The summed E-state index contributed by atoms with van der Waals surface area (Å²) in [7, 11) is 5.69. The molecule has 0 unspecified atom stereocenters. The third-order valence-electron chi connectivity index (χ3n) is 4.81. The highest BCUT2D eigenvalue weighted by molar-refractivity contribution is 5.87. The molecule has 26 heavy (non-hydrogen) atoms. The van der Waals surface area contributed by atoms with Crippen LogP contribution in [0.2, 0.25) is 0 Å². The topological polar surface area (TPSA) is 77.5 Å². The molecule has 0 spiro atoms. The number of carbonyl (C=O) groups is 1. The first-order valence-electron chi connectivity index (χ1n) is 9.24. The molecule has 7 heteroatoms. The van der Waals surface area contributed by atoms with Crippen molar-refractivity contribution >= 4 is 29.0 Å². The summed E-state index contributed by atoms with van der Waals surface area (Å²) in [4.78, 5) is 31.9. The highest BCUT2D eigenvalue weighted by Crippen LogP contribution is 2.24. The highest BCUT2D eigenvalue weighted by Gasteiger charge is 2.18. The quantitative estimate of drug-likeness (QED) is 0.663. The zero-order valence-electron chi connectivity index (χ0n) is 16.3. The fourth-order valence-corrected chi connectivity index (χ4v) is 3.18. The molecule has 1 amide bonds. The molecule has 0 saturated heterocycles. The highest BCUT2D eigenvalue weighted by atomic mass is 16.2. The van der Waals surface area contributed by atoms with E-state index in [0.29, 0.717) is 18.9 Å². The maximum atomic E-state index is 12.1. The summed E-state index contributed by atoms with van der Waals surface area (Å²) in [6.45, 7) is 2.96. The summed E-state index contributed by atoms with van der Waals surface area (Å²) in [5.41, 5.74) is 0.859. The van der Waals surface area contributed by atoms with Gasteiger partial charge in [-0.15, -0.1) is 0 Å². The number of aromatic nitrogens is 3. The van der Waals surface area contributed by atoms with Crippen molar-refractivity contribution < 1.29 is 4.79 Å². The molecule has 2 rings (SSSR count). The average molecular weight is 358 g/mol. The van der Waals surface area contributed by atoms with E-state index < -0.39 is 0 Å². The van der Waals surface area contributed by atoms with Crippen molar-refractivity contribution in [1.82, 2.24) is 19.9 Å². The van der Waals surface area contributed by atoms with Gasteiger partial charge in [0.05, 0.1) is 5.39 Å². The number of hydrogen-bond acceptors (Lipinski definition) is 5. The van der Waals surface area contributed by atoms with Crippen LogP contribution in [0.15, 0.2) is 23.6 Å². The van der Waals surface area contributed by atoms with Crippen LogP contribution in [0.3, 0.4) is 0 Å². The minimum absolute atomic E-state index is 0.177. The number of fused-ring (bicyclic) bond motifs is 1. The van der Waals surface area contributed by atoms with Crippen LogP contribution < -0.4 is 4.90 Å². The van der Waals surface area contributed by atoms with Gasteiger partial charge in [-0.2, -0.15) is 0 Å². The van der Waals surface area contributed by atoms with E-state index in [1.165, 1.54) is 0 Å². The van der Waals surface area contributed by atoms with Gasteiger partial charge in [0.25, 0.3) is 0 Å². The number of rotatable bonds is 10. The summed E-state index contributed by atoms with van der Waals surface area (Å²) < 4.78 is 0. The van der Waals surface area contributed by atoms with Gasteiger partial charge in [0.15, 0.2) is 0 Å². The van der Waals surface area contributed by atoms with Crippen LogP contribution in [0.5, 0.6) is 0 Å². The molecular formula is C19H30N6O. The normalized spacial score (nSPS) is 12.6. The molecule has 0 aromatic carbocycles. The van der Waals surface area contributed by atoms with Gasteiger partial charge in [-0.05, 0) is 38.0 Å². The molecule has 2 aromatic rings. The molecule has 1 N–H and O–H groups in total. The lowest BCUT2D eigenvalue weighted by molar-refractivity contribution is -0.129. The van der Waals surface area contributed by atoms with Crippen molar-refractivity contribution in [3.63, 3.8) is 0 Å². The number of anilines is 1. The van der Waals surface area contributed by atoms with Crippen LogP contribution in [0, 0.1) is 0 Å². The summed E-state index contributed by atoms with van der Waals surface area (Å²) in [6.07, 6.45) is 9.52. The van der Waals surface area contributed by atoms with Crippen molar-refractivity contribution in [2.45, 2.75) is 45.1 Å². The van der Waals surface area contributed by atoms with Crippen LogP contribution in [-0.4, -0.2) is 65.7 Å². The third-order valence-corrected chi connectivity index (χ3v) is 4.81. The molecule has 1 atom stereocenters. The van der Waals surface area contributed by atoms with E-state index in [0.717, 1.165) is 42.7 Å². The van der Waals surface area contributed by atoms with Crippen LogP contribution in [0.4, 0.5) is 5.82 Å². The number of aliphatic imine (C=N–C) groups is 1. The smallest absolute Gasteiger partial charge is 0.222 e. The van der Waals surface area contributed by atoms with Gasteiger partial charge in [-0.25, -0.2) is 9.97 Å². The molecule has 0 aliphatic heterocycles. The predicted octanol–water partition coefficient (Wildman–Crippen LogP) is 2.89. The van der Waals surface area contributed by atoms with Crippen LogP contribution in [0.1, 0.15) is 39.0 Å². The first kappa shape index (κ1) is 19.9. The van der Waals surface area contributed by atoms with Gasteiger partial charge in [0.2, 0.25) is 5.91 Å². The van der Waals surface area contributed by atoms with E-state index >= 15 is 0 Å². The fraction of sp³-hybridized carbons (Fsp3) is 0.579. The summed E-state index contributed by atoms with van der Waals surface area (Å²) in [5.74, 6) is 1.13. The Labute approximate surface area is 155 Å². The molecule has 7 nitrogen and oxygen atoms in total. The van der Waals surface area contributed by atoms with Gasteiger partial charge in [-0.1, -0.05) is 6.92 Å². The van der Waals surface area contributed by atoms with Gasteiger partial charge >= 0.3 is 0 Å². The van der Waals surface area contributed by atoms with Crippen LogP contribution in [-0.2, 0) is 4.79 Å². The Hall–Kier alpha value is -2.44. The molecule has 0 aliphatic rings. The van der Waals surface area contributed by atoms with E-state index in [9.17, 15) is 4.79 Å². The molecule has 0 bridgehead atoms. The van der Waals surface area contributed by atoms with E-state index in [-0.39, 0.29) is 5.91 Å². The molecule has 2 aromatic heterocycles. The summed E-state index contributed by atoms with van der Waals surface area (Å²) >= 11 is 0. The zero-order chi connectivity index (χ0) is 18.9. The predicted molar refractivity (Wildman–Crippen MR) is 107 cm³/mol. The minimum atomic E-state index is 0.177. The van der Waals surface area contributed by atoms with Crippen molar-refractivity contribution in [2.75, 3.05) is 32.6 Å². The standard InChI is InChI=1S/C19H30N6O/c1-5-15(8-7-13-24(3)17(26)9-6-11-20-2)25(4)19-16-10-12-21-18(16)22-14-23-19/h10-12,14-15H,5-9,13H2,1-4H3,(H,21,22,23)/t15-/m1/s1. The number of amides is 1. The second kappa shape index (κ2) is 9.89. The molecule has 0 aliphatic carbocycles. The first-order valence-corrected chi connectivity index (χ1v) is 9.24. The van der Waals surface area contributed by atoms with E-state index in [4.69, 9.17) is 0 Å². The monoisotopic (exact) mass is 358 g/mol. The number of nitrogens with zero attached hydrogens (tertiary/aromatic N) is 5. The van der Waals surface area contributed by atoms with Crippen molar-refractivity contribution in [3.8, 4) is 0 Å². The lowest BCUT2D eigenvalue weighted by atomic mass is 10.1. The first-order chi connectivity index (χ1) is 12.6. The molecule has 0 radical (unpaired) electrons. The number of nitrogens with one attached hydrogen (secondary N) is 1. The Kier molecular flexibility index (Phi) is 7.56. The Balaban J connectivity index is 1.89. The number of H-pyrrole nitrogens is 1. The van der Waals surface area contributed by atoms with Gasteiger partial charge in [0, 0.05) is 46.3 Å². The minimum Gasteiger partial charge on any atom is -0.356 e. The van der Waals surface area contributed by atoms with E-state index in [1.54, 1.807) is 19.6 Å². The van der Waals surface area contributed by atoms with Gasteiger partial charge < -0.3 is 19.8 Å².